The highest BCUT2D eigenvalue weighted by atomic mass is 19.4. The van der Waals surface area contributed by atoms with E-state index in [1.165, 1.54) is 11.1 Å². The molecule has 2 nitrogen and oxygen atoms in total. The summed E-state index contributed by atoms with van der Waals surface area (Å²) in [6.45, 7) is 15.7. The molecule has 20 heavy (non-hydrogen) atoms. The monoisotopic (exact) mass is 296 g/mol. The Labute approximate surface area is 120 Å². The van der Waals surface area contributed by atoms with Crippen LogP contribution in [-0.4, -0.2) is 23.2 Å². The summed E-state index contributed by atoms with van der Waals surface area (Å²) in [6.07, 6.45) is -4.52. The van der Waals surface area contributed by atoms with E-state index in [1.807, 2.05) is 0 Å². The van der Waals surface area contributed by atoms with Crippen LogP contribution in [0, 0.1) is 0 Å². The maximum absolute atomic E-state index is 12.6. The van der Waals surface area contributed by atoms with Gasteiger partial charge >= 0.3 is 6.18 Å². The normalized spacial score (nSPS) is 22.8. The molecule has 1 rings (SSSR count). The Morgan fingerprint density at radius 2 is 0.950 bits per heavy atom. The Kier molecular flexibility index (Phi) is 5.52. The fourth-order valence-corrected chi connectivity index (χ4v) is 1.36. The van der Waals surface area contributed by atoms with Crippen molar-refractivity contribution in [1.82, 2.24) is 0 Å². The zero-order chi connectivity index (χ0) is 16.6. The van der Waals surface area contributed by atoms with E-state index in [4.69, 9.17) is 9.47 Å². The maximum atomic E-state index is 12.6. The van der Waals surface area contributed by atoms with Crippen molar-refractivity contribution < 1.29 is 22.6 Å². The Bertz CT molecular complexity index is 345. The Morgan fingerprint density at radius 3 is 1.05 bits per heavy atom. The second-order valence-electron chi connectivity index (χ2n) is 6.67. The molecular formula is C15H27F3O2. The summed E-state index contributed by atoms with van der Waals surface area (Å²) in [5.74, 6) is -2.50. The van der Waals surface area contributed by atoms with E-state index in [9.17, 15) is 13.2 Å². The second kappa shape index (κ2) is 5.68. The largest absolute Gasteiger partial charge is 0.442 e. The lowest BCUT2D eigenvalue weighted by molar-refractivity contribution is -0.349. The second-order valence-corrected chi connectivity index (χ2v) is 6.67. The minimum atomic E-state index is -4.52. The van der Waals surface area contributed by atoms with Crippen LogP contribution in [0.1, 0.15) is 62.3 Å². The van der Waals surface area contributed by atoms with Crippen molar-refractivity contribution in [2.75, 3.05) is 0 Å². The molecule has 0 saturated carbocycles. The minimum absolute atomic E-state index is 0.906. The average molecular weight is 296 g/mol. The molecule has 0 unspecified atom stereocenters. The number of hydrogen-bond donors (Lipinski definition) is 0. The highest BCUT2D eigenvalue weighted by Gasteiger charge is 2.66. The van der Waals surface area contributed by atoms with E-state index < -0.39 is 23.2 Å². The van der Waals surface area contributed by atoms with Crippen LogP contribution in [0.5, 0.6) is 0 Å². The van der Waals surface area contributed by atoms with Gasteiger partial charge in [0.2, 0.25) is 0 Å². The lowest BCUT2D eigenvalue weighted by Crippen LogP contribution is -2.44. The summed E-state index contributed by atoms with van der Waals surface area (Å²) < 4.78 is 47.7. The van der Waals surface area contributed by atoms with Gasteiger partial charge in [-0.05, 0) is 62.3 Å². The fourth-order valence-electron chi connectivity index (χ4n) is 1.36. The molecule has 1 aliphatic rings. The van der Waals surface area contributed by atoms with Crippen molar-refractivity contribution in [3.05, 3.63) is 11.1 Å². The van der Waals surface area contributed by atoms with Gasteiger partial charge in [-0.1, -0.05) is 11.1 Å². The Morgan fingerprint density at radius 1 is 0.700 bits per heavy atom. The third-order valence-corrected chi connectivity index (χ3v) is 3.86. The predicted molar refractivity (Wildman–Crippen MR) is 74.5 cm³/mol. The summed E-state index contributed by atoms with van der Waals surface area (Å²) in [5.41, 5.74) is 0.930. The Balaban J connectivity index is 0.000000511. The first-order chi connectivity index (χ1) is 8.56. The van der Waals surface area contributed by atoms with Crippen LogP contribution < -0.4 is 0 Å². The third-order valence-electron chi connectivity index (χ3n) is 3.86. The van der Waals surface area contributed by atoms with Crippen molar-refractivity contribution in [1.29, 1.82) is 0 Å². The van der Waals surface area contributed by atoms with Gasteiger partial charge in [0.25, 0.3) is 5.79 Å². The molecule has 0 amide bonds. The topological polar surface area (TPSA) is 18.5 Å². The molecule has 120 valence electrons. The van der Waals surface area contributed by atoms with Gasteiger partial charge in [0.05, 0.1) is 11.2 Å². The zero-order valence-corrected chi connectivity index (χ0v) is 14.0. The molecule has 1 aliphatic heterocycles. The van der Waals surface area contributed by atoms with Gasteiger partial charge in [0.15, 0.2) is 0 Å². The zero-order valence-electron chi connectivity index (χ0n) is 14.0. The molecular weight excluding hydrogens is 269 g/mol. The smallest absolute Gasteiger partial charge is 0.334 e. The van der Waals surface area contributed by atoms with Crippen molar-refractivity contribution in [3.63, 3.8) is 0 Å². The molecule has 1 fully saturated rings. The van der Waals surface area contributed by atoms with Gasteiger partial charge in [0.1, 0.15) is 0 Å². The summed E-state index contributed by atoms with van der Waals surface area (Å²) in [5, 5.41) is 0. The third kappa shape index (κ3) is 4.22. The molecule has 0 aromatic carbocycles. The standard InChI is InChI=1S/C9H15F3O2.C6H12/c1-6(2)7(3,4)14-8(5,13-6)9(10,11)12;1-5(2)6(3)4/h1-5H3;1-4H3. The number of alkyl halides is 3. The molecule has 0 aliphatic carbocycles. The molecule has 0 spiro atoms. The van der Waals surface area contributed by atoms with Crippen molar-refractivity contribution in [3.8, 4) is 0 Å². The molecule has 0 atom stereocenters. The van der Waals surface area contributed by atoms with Gasteiger partial charge in [-0.15, -0.1) is 0 Å². The van der Waals surface area contributed by atoms with Crippen molar-refractivity contribution >= 4 is 0 Å². The summed E-state index contributed by atoms with van der Waals surface area (Å²) >= 11 is 0. The SMILES string of the molecule is CC(C)=C(C)C.CC1(C)OC(C)(C(F)(F)F)OC1(C)C. The van der Waals surface area contributed by atoms with E-state index in [-0.39, 0.29) is 0 Å². The Hall–Kier alpha value is -0.550. The number of rotatable bonds is 0. The number of halogens is 3. The fraction of sp³-hybridized carbons (Fsp3) is 0.867. The van der Waals surface area contributed by atoms with Crippen LogP contribution in [0.15, 0.2) is 11.1 Å². The maximum Gasteiger partial charge on any atom is 0.442 e. The van der Waals surface area contributed by atoms with E-state index >= 15 is 0 Å². The summed E-state index contributed by atoms with van der Waals surface area (Å²) in [4.78, 5) is 0. The molecule has 0 N–H and O–H groups in total. The lowest BCUT2D eigenvalue weighted by atomic mass is 9.90. The van der Waals surface area contributed by atoms with Gasteiger partial charge in [-0.3, -0.25) is 0 Å². The number of allylic oxidation sites excluding steroid dienone is 2. The van der Waals surface area contributed by atoms with E-state index in [0.717, 1.165) is 6.92 Å². The highest BCUT2D eigenvalue weighted by molar-refractivity contribution is 5.02. The first-order valence-corrected chi connectivity index (χ1v) is 6.63. The molecule has 0 radical (unpaired) electrons. The summed E-state index contributed by atoms with van der Waals surface area (Å²) in [6, 6.07) is 0. The molecule has 0 aromatic heterocycles. The predicted octanol–water partition coefficient (Wildman–Crippen LogP) is 5.23. The lowest BCUT2D eigenvalue weighted by Gasteiger charge is -2.30. The van der Waals surface area contributed by atoms with Gasteiger partial charge < -0.3 is 9.47 Å². The first-order valence-electron chi connectivity index (χ1n) is 6.63. The molecule has 1 saturated heterocycles. The van der Waals surface area contributed by atoms with Crippen molar-refractivity contribution in [2.24, 2.45) is 0 Å². The van der Waals surface area contributed by atoms with Gasteiger partial charge in [-0.2, -0.15) is 13.2 Å². The molecule has 0 bridgehead atoms. The molecule has 0 aromatic rings. The van der Waals surface area contributed by atoms with Crippen LogP contribution in [0.25, 0.3) is 0 Å². The number of ether oxygens (including phenoxy) is 2. The highest BCUT2D eigenvalue weighted by Crippen LogP contribution is 2.50. The number of hydrogen-bond acceptors (Lipinski definition) is 2. The van der Waals surface area contributed by atoms with Crippen LogP contribution in [0.3, 0.4) is 0 Å². The average Bonchev–Trinajstić information content (AvgIpc) is 2.30. The van der Waals surface area contributed by atoms with Gasteiger partial charge in [0, 0.05) is 0 Å². The van der Waals surface area contributed by atoms with Crippen LogP contribution >= 0.6 is 0 Å². The quantitative estimate of drug-likeness (QED) is 0.570. The summed E-state index contributed by atoms with van der Waals surface area (Å²) in [7, 11) is 0. The van der Waals surface area contributed by atoms with E-state index in [1.54, 1.807) is 27.7 Å². The van der Waals surface area contributed by atoms with E-state index in [0.29, 0.717) is 0 Å². The van der Waals surface area contributed by atoms with Gasteiger partial charge in [-0.25, -0.2) is 0 Å². The van der Waals surface area contributed by atoms with Crippen LogP contribution in [0.2, 0.25) is 0 Å². The first kappa shape index (κ1) is 19.4. The minimum Gasteiger partial charge on any atom is -0.334 e. The molecule has 5 heteroatoms. The van der Waals surface area contributed by atoms with Crippen molar-refractivity contribution in [2.45, 2.75) is 85.5 Å². The van der Waals surface area contributed by atoms with Crippen LogP contribution in [-0.2, 0) is 9.47 Å². The van der Waals surface area contributed by atoms with Crippen LogP contribution in [0.4, 0.5) is 13.2 Å². The van der Waals surface area contributed by atoms with E-state index in [2.05, 4.69) is 27.7 Å². The molecule has 1 heterocycles.